The molecule has 3 rings (SSSR count). The van der Waals surface area contributed by atoms with E-state index in [1.54, 1.807) is 13.0 Å². The van der Waals surface area contributed by atoms with Gasteiger partial charge in [0.2, 0.25) is 0 Å². The number of ketones is 1. The summed E-state index contributed by atoms with van der Waals surface area (Å²) >= 11 is 0. The number of hydrogen-bond acceptors (Lipinski definition) is 2. The fourth-order valence-electron chi connectivity index (χ4n) is 3.07. The minimum absolute atomic E-state index is 0.00454. The molecule has 0 saturated carbocycles. The van der Waals surface area contributed by atoms with Gasteiger partial charge in [-0.25, -0.2) is 4.39 Å². The van der Waals surface area contributed by atoms with Gasteiger partial charge in [-0.2, -0.15) is 0 Å². The third-order valence-electron chi connectivity index (χ3n) is 4.69. The highest BCUT2D eigenvalue weighted by atomic mass is 19.1. The van der Waals surface area contributed by atoms with Crippen LogP contribution in [-0.2, 0) is 12.8 Å². The Hall–Kier alpha value is -1.77. The Balaban J connectivity index is 2.09. The molecule has 0 radical (unpaired) electrons. The number of nitrogens with zero attached hydrogens (tertiary/aromatic N) is 1. The van der Waals surface area contributed by atoms with Crippen LogP contribution in [0.4, 0.5) is 4.39 Å². The summed E-state index contributed by atoms with van der Waals surface area (Å²) in [6.45, 7) is 5.43. The van der Waals surface area contributed by atoms with Gasteiger partial charge in [0.1, 0.15) is 5.67 Å². The van der Waals surface area contributed by atoms with Gasteiger partial charge in [0.05, 0.1) is 5.52 Å². The summed E-state index contributed by atoms with van der Waals surface area (Å²) in [5, 5.41) is 0.925. The van der Waals surface area contributed by atoms with Crippen LogP contribution in [0, 0.1) is 5.92 Å². The van der Waals surface area contributed by atoms with Crippen LogP contribution in [0.2, 0.25) is 0 Å². The fourth-order valence-corrected chi connectivity index (χ4v) is 3.07. The van der Waals surface area contributed by atoms with Crippen molar-refractivity contribution in [2.24, 2.45) is 5.92 Å². The normalized spacial score (nSPS) is 21.6. The first-order chi connectivity index (χ1) is 9.89. The number of alkyl halides is 1. The highest BCUT2D eigenvalue weighted by Crippen LogP contribution is 2.37. The largest absolute Gasteiger partial charge is 0.295 e. The molecule has 1 aliphatic carbocycles. The van der Waals surface area contributed by atoms with Crippen molar-refractivity contribution < 1.29 is 9.18 Å². The summed E-state index contributed by atoms with van der Waals surface area (Å²) in [5.41, 5.74) is 2.42. The summed E-state index contributed by atoms with van der Waals surface area (Å²) in [7, 11) is 0. The average molecular weight is 285 g/mol. The molecule has 1 aromatic heterocycles. The Bertz CT molecular complexity index is 722. The predicted molar refractivity (Wildman–Crippen MR) is 82.4 cm³/mol. The lowest BCUT2D eigenvalue weighted by atomic mass is 9.77. The van der Waals surface area contributed by atoms with E-state index in [0.717, 1.165) is 22.2 Å². The molecular formula is C18H20FNO. The first kappa shape index (κ1) is 14.2. The van der Waals surface area contributed by atoms with Crippen molar-refractivity contribution in [1.82, 2.24) is 4.98 Å². The molecule has 110 valence electrons. The first-order valence-electron chi connectivity index (χ1n) is 7.51. The van der Waals surface area contributed by atoms with E-state index in [2.05, 4.69) is 4.98 Å². The van der Waals surface area contributed by atoms with E-state index < -0.39 is 5.67 Å². The lowest BCUT2D eigenvalue weighted by Gasteiger charge is -2.34. The molecule has 0 fully saturated rings. The third kappa shape index (κ3) is 2.45. The second kappa shape index (κ2) is 4.90. The van der Waals surface area contributed by atoms with Gasteiger partial charge in [-0.05, 0) is 55.5 Å². The van der Waals surface area contributed by atoms with Crippen molar-refractivity contribution in [3.8, 4) is 0 Å². The molecule has 1 aliphatic rings. The van der Waals surface area contributed by atoms with E-state index in [9.17, 15) is 9.18 Å². The average Bonchev–Trinajstić information content (AvgIpc) is 2.44. The number of carbonyl (C=O) groups is 1. The number of pyridine rings is 1. The lowest BCUT2D eigenvalue weighted by Crippen LogP contribution is -2.36. The number of halogens is 1. The van der Waals surface area contributed by atoms with Crippen molar-refractivity contribution in [2.45, 2.75) is 45.7 Å². The van der Waals surface area contributed by atoms with E-state index in [0.29, 0.717) is 24.8 Å². The highest BCUT2D eigenvalue weighted by molar-refractivity contribution is 5.97. The number of fused-ring (bicyclic) bond motifs is 2. The predicted octanol–water partition coefficient (Wildman–Crippen LogP) is 4.29. The summed E-state index contributed by atoms with van der Waals surface area (Å²) in [6.07, 6.45) is 1.66. The van der Waals surface area contributed by atoms with Gasteiger partial charge in [-0.15, -0.1) is 0 Å². The molecule has 0 amide bonds. The Morgan fingerprint density at radius 1 is 1.33 bits per heavy atom. The van der Waals surface area contributed by atoms with Crippen LogP contribution in [0.1, 0.15) is 48.8 Å². The van der Waals surface area contributed by atoms with Crippen molar-refractivity contribution in [3.63, 3.8) is 0 Å². The molecule has 0 spiro atoms. The Morgan fingerprint density at radius 3 is 2.76 bits per heavy atom. The summed E-state index contributed by atoms with van der Waals surface area (Å²) in [6, 6.07) is 7.56. The standard InChI is InChI=1S/C18H20FNO/c1-11(2)18(19)7-6-17-15(10-18)9-14-8-13(12(3)21)4-5-16(14)20-17/h4-5,8-9,11H,6-7,10H2,1-3H3/t18-/m1/s1. The zero-order chi connectivity index (χ0) is 15.2. The number of carbonyl (C=O) groups excluding carboxylic acids is 1. The maximum atomic E-state index is 14.9. The van der Waals surface area contributed by atoms with Gasteiger partial charge in [0.15, 0.2) is 5.78 Å². The van der Waals surface area contributed by atoms with Crippen molar-refractivity contribution in [3.05, 3.63) is 41.1 Å². The summed E-state index contributed by atoms with van der Waals surface area (Å²) in [4.78, 5) is 16.2. The quantitative estimate of drug-likeness (QED) is 0.770. The summed E-state index contributed by atoms with van der Waals surface area (Å²) in [5.74, 6) is 0.0431. The van der Waals surface area contributed by atoms with E-state index in [1.165, 1.54) is 0 Å². The second-order valence-corrected chi connectivity index (χ2v) is 6.42. The van der Waals surface area contributed by atoms with Crippen LogP contribution < -0.4 is 0 Å². The molecule has 2 aromatic rings. The van der Waals surface area contributed by atoms with Crippen LogP contribution in [0.3, 0.4) is 0 Å². The van der Waals surface area contributed by atoms with E-state index in [1.807, 2.05) is 32.0 Å². The Morgan fingerprint density at radius 2 is 2.10 bits per heavy atom. The van der Waals surface area contributed by atoms with Crippen molar-refractivity contribution in [1.29, 1.82) is 0 Å². The zero-order valence-corrected chi connectivity index (χ0v) is 12.7. The topological polar surface area (TPSA) is 30.0 Å². The second-order valence-electron chi connectivity index (χ2n) is 6.42. The first-order valence-corrected chi connectivity index (χ1v) is 7.51. The smallest absolute Gasteiger partial charge is 0.159 e. The Kier molecular flexibility index (Phi) is 3.31. The third-order valence-corrected chi connectivity index (χ3v) is 4.69. The number of benzene rings is 1. The molecule has 3 heteroatoms. The molecule has 1 aromatic carbocycles. The minimum atomic E-state index is -1.14. The van der Waals surface area contributed by atoms with Gasteiger partial charge in [-0.1, -0.05) is 13.8 Å². The van der Waals surface area contributed by atoms with Crippen LogP contribution in [0.25, 0.3) is 10.9 Å². The van der Waals surface area contributed by atoms with Crippen molar-refractivity contribution >= 4 is 16.7 Å². The van der Waals surface area contributed by atoms with Gasteiger partial charge >= 0.3 is 0 Å². The molecule has 0 bridgehead atoms. The van der Waals surface area contributed by atoms with E-state index >= 15 is 0 Å². The van der Waals surface area contributed by atoms with E-state index in [-0.39, 0.29) is 11.7 Å². The van der Waals surface area contributed by atoms with Crippen molar-refractivity contribution in [2.75, 3.05) is 0 Å². The molecule has 0 aliphatic heterocycles. The molecule has 21 heavy (non-hydrogen) atoms. The highest BCUT2D eigenvalue weighted by Gasteiger charge is 2.37. The van der Waals surface area contributed by atoms with Gasteiger partial charge < -0.3 is 0 Å². The maximum Gasteiger partial charge on any atom is 0.159 e. The van der Waals surface area contributed by atoms with Gasteiger partial charge in [-0.3, -0.25) is 9.78 Å². The molecule has 2 nitrogen and oxygen atoms in total. The monoisotopic (exact) mass is 285 g/mol. The molecule has 0 unspecified atom stereocenters. The van der Waals surface area contributed by atoms with Crippen LogP contribution >= 0.6 is 0 Å². The van der Waals surface area contributed by atoms with Gasteiger partial charge in [0, 0.05) is 23.1 Å². The number of aryl methyl sites for hydroxylation is 1. The summed E-state index contributed by atoms with van der Waals surface area (Å²) < 4.78 is 14.9. The number of hydrogen-bond donors (Lipinski definition) is 0. The fraction of sp³-hybridized carbons (Fsp3) is 0.444. The molecule has 1 heterocycles. The maximum absolute atomic E-state index is 14.9. The lowest BCUT2D eigenvalue weighted by molar-refractivity contribution is 0.0821. The Labute approximate surface area is 124 Å². The number of aromatic nitrogens is 1. The van der Waals surface area contributed by atoms with Crippen LogP contribution in [-0.4, -0.2) is 16.4 Å². The molecule has 0 N–H and O–H groups in total. The van der Waals surface area contributed by atoms with Crippen LogP contribution in [0.5, 0.6) is 0 Å². The van der Waals surface area contributed by atoms with E-state index in [4.69, 9.17) is 0 Å². The number of rotatable bonds is 2. The molecular weight excluding hydrogens is 265 g/mol. The van der Waals surface area contributed by atoms with Crippen LogP contribution in [0.15, 0.2) is 24.3 Å². The van der Waals surface area contributed by atoms with Gasteiger partial charge in [0.25, 0.3) is 0 Å². The minimum Gasteiger partial charge on any atom is -0.295 e. The zero-order valence-electron chi connectivity index (χ0n) is 12.7. The number of Topliss-reactive ketones (excluding diaryl/α,β-unsaturated/α-hetero) is 1. The SMILES string of the molecule is CC(=O)c1ccc2nc3c(cc2c1)C[C@@](F)(C(C)C)CC3. The molecule has 0 saturated heterocycles. The molecule has 1 atom stereocenters.